The fourth-order valence-electron chi connectivity index (χ4n) is 14.3. The number of carboxylic acids is 1. The Morgan fingerprint density at radius 1 is 0.472 bits per heavy atom. The number of allylic oxidation sites excluding steroid dienone is 9. The van der Waals surface area contributed by atoms with E-state index in [1.165, 1.54) is 296 Å². The van der Waals surface area contributed by atoms with Gasteiger partial charge in [0.05, 0.1) is 17.0 Å². The van der Waals surface area contributed by atoms with Crippen LogP contribution < -0.4 is 4.57 Å². The molecule has 1 radical (unpaired) electrons. The summed E-state index contributed by atoms with van der Waals surface area (Å²) in [4.78, 5) is 36.9. The van der Waals surface area contributed by atoms with Gasteiger partial charge < -0.3 is 36.3 Å². The SMILES string of the molecule is C.C.CC(=O)O.CC(C)c1cccc(C(C)C)c1-n1[c-][n+](-c2c(C(C)C)cccc2C(C)C)cc1.CC(O[Si](C)(C)C)O[Si](C)(C)C.CCC(C)(C)O.CCCCC/C=C\C/C=C\CCCCCCCCC/C(=C/C(=O)N(C)C)CCCCCCCCC.CCCCC/C=C\C/C=C\CCCCCCCCCC(CCCCCCCCC)CC(=O)N(C)C.[CH3-].[Cu+2]. The summed E-state index contributed by atoms with van der Waals surface area (Å²) >= 11 is 0. The second-order valence-electron chi connectivity index (χ2n) is 38.6. The van der Waals surface area contributed by atoms with Gasteiger partial charge in [0.1, 0.15) is 6.29 Å². The van der Waals surface area contributed by atoms with Crippen molar-refractivity contribution >= 4 is 34.4 Å². The zero-order valence-electron chi connectivity index (χ0n) is 85.8. The zero-order chi connectivity index (χ0) is 91.7. The summed E-state index contributed by atoms with van der Waals surface area (Å²) in [5, 5.41) is 16.2. The Hall–Kier alpha value is -4.41. The van der Waals surface area contributed by atoms with Crippen LogP contribution in [-0.2, 0) is 40.3 Å². The summed E-state index contributed by atoms with van der Waals surface area (Å²) in [6, 6.07) is 13.4. The molecule has 2 N–H and O–H groups in total. The number of amides is 2. The van der Waals surface area contributed by atoms with Crippen LogP contribution in [0.1, 0.15) is 474 Å². The number of rotatable bonds is 62. The number of hydrogen-bond acceptors (Lipinski definition) is 6. The molecule has 2 aromatic carbocycles. The van der Waals surface area contributed by atoms with Crippen LogP contribution in [0.2, 0.25) is 39.3 Å². The Morgan fingerprint density at radius 2 is 0.760 bits per heavy atom. The quantitative estimate of drug-likeness (QED) is 0.0110. The predicted octanol–water partition coefficient (Wildman–Crippen LogP) is 34.6. The molecule has 1 atom stereocenters. The number of nitrogens with zero attached hydrogens (tertiary/aromatic N) is 4. The largest absolute Gasteiger partial charge is 2.00 e. The van der Waals surface area contributed by atoms with Crippen LogP contribution in [0.3, 0.4) is 0 Å². The second kappa shape index (κ2) is 86.3. The van der Waals surface area contributed by atoms with Crippen molar-refractivity contribution in [1.29, 1.82) is 0 Å². The summed E-state index contributed by atoms with van der Waals surface area (Å²) in [5.41, 5.74) is 8.97. The Kier molecular flexibility index (Phi) is 92.3. The van der Waals surface area contributed by atoms with Crippen molar-refractivity contribution in [3.8, 4) is 11.4 Å². The molecular formula is C111H209CuN4O7Si2+. The van der Waals surface area contributed by atoms with Gasteiger partial charge in [-0.2, -0.15) is 0 Å². The van der Waals surface area contributed by atoms with E-state index < -0.39 is 28.2 Å². The molecule has 3 rings (SSSR count). The Morgan fingerprint density at radius 3 is 1.06 bits per heavy atom. The van der Waals surface area contributed by atoms with Gasteiger partial charge in [0.25, 0.3) is 12.3 Å². The summed E-state index contributed by atoms with van der Waals surface area (Å²) in [6.45, 7) is 48.9. The average molecular weight is 1830 g/mol. The van der Waals surface area contributed by atoms with Gasteiger partial charge in [-0.3, -0.25) is 23.5 Å². The second-order valence-corrected chi connectivity index (χ2v) is 47.6. The first-order valence-electron chi connectivity index (χ1n) is 49.6. The Bertz CT molecular complexity index is 2950. The number of carboxylic acid groups (broad SMARTS) is 1. The molecule has 0 aliphatic rings. The van der Waals surface area contributed by atoms with Crippen LogP contribution in [-0.4, -0.2) is 99.1 Å². The standard InChI is InChI=1S/C33H63NO.C33H61NO.C27H36N2.C8H22O2Si2.C5H12O.C2H4O2.2CH4.CH3.Cu/c2*1-5-7-9-11-13-14-15-16-17-18-19-20-21-22-24-26-28-30-32(31-33(35)34(3)4)29-27-25-23-12-10-8-6-2;1-18(2)22-11-9-12-23(19(3)4)26(22)28-15-16-29(17-28)27-24(20(5)6)13-10-14-25(27)21(7)8;1-8(9-11(2,3)4)10-12(5,6)7;1-4-5(2,3)6;1-2(3)4;;;;/h13-14,16-17,32H,5-12,15,18-31H2,1-4H3;13-14,16-17,31H,5-12,15,18-30H2,1-4H3;9-16,18-21H,1-8H3;8H,1-7H3;6H,4H2,1-3H3;1H3,(H,3,4);2*1H4;1H3;/q;;;;;;;;-1;+2/b14-13-,17-16-;14-13-,17-16-,32-31+;;;;;;;;. The molecule has 11 nitrogen and oxygen atoms in total. The summed E-state index contributed by atoms with van der Waals surface area (Å²) in [5.74, 6) is 2.07. The van der Waals surface area contributed by atoms with E-state index in [4.69, 9.17) is 23.9 Å². The van der Waals surface area contributed by atoms with Crippen molar-refractivity contribution in [3.63, 3.8) is 0 Å². The third-order valence-electron chi connectivity index (χ3n) is 21.7. The van der Waals surface area contributed by atoms with Crippen LogP contribution in [0, 0.1) is 19.7 Å². The number of benzene rings is 2. The smallest absolute Gasteiger partial charge is 0.481 e. The number of likely N-dealkylation sites (N-methyl/N-ethyl adjacent to an activating group) is 1. The number of aliphatic hydroxyl groups is 1. The molecule has 0 aliphatic carbocycles. The maximum absolute atomic E-state index is 12.3. The summed E-state index contributed by atoms with van der Waals surface area (Å²) < 4.78 is 15.9. The molecule has 1 aromatic heterocycles. The number of para-hydroxylation sites is 2. The van der Waals surface area contributed by atoms with Gasteiger partial charge in [-0.15, -0.1) is 0 Å². The van der Waals surface area contributed by atoms with Gasteiger partial charge in [-0.1, -0.05) is 375 Å². The van der Waals surface area contributed by atoms with Crippen molar-refractivity contribution < 1.29 is 55.1 Å². The van der Waals surface area contributed by atoms with E-state index in [2.05, 4.69) is 235 Å². The first kappa shape index (κ1) is 134. The molecule has 0 fully saturated rings. The fraction of sp³-hybridized carbons (Fsp3) is 0.739. The molecule has 1 unspecified atom stereocenters. The van der Waals surface area contributed by atoms with Crippen molar-refractivity contribution in [3.05, 3.63) is 145 Å². The van der Waals surface area contributed by atoms with Crippen LogP contribution in [0.5, 0.6) is 0 Å². The van der Waals surface area contributed by atoms with Gasteiger partial charge in [-0.25, -0.2) is 0 Å². The molecule has 0 aliphatic heterocycles. The molecule has 733 valence electrons. The summed E-state index contributed by atoms with van der Waals surface area (Å²) in [6.07, 6.45) is 87.7. The number of carbonyl (C=O) groups excluding carboxylic acids is 2. The van der Waals surface area contributed by atoms with Crippen molar-refractivity contribution in [1.82, 2.24) is 14.4 Å². The third kappa shape index (κ3) is 82.5. The van der Waals surface area contributed by atoms with Crippen LogP contribution in [0.15, 0.2) is 109 Å². The maximum atomic E-state index is 12.3. The molecule has 1 heterocycles. The van der Waals surface area contributed by atoms with Gasteiger partial charge in [0.15, 0.2) is 16.6 Å². The van der Waals surface area contributed by atoms with Crippen LogP contribution in [0.25, 0.3) is 11.4 Å². The number of hydrogen-bond donors (Lipinski definition) is 2. The molecule has 3 aromatic rings. The van der Waals surface area contributed by atoms with E-state index in [-0.39, 0.29) is 51.5 Å². The van der Waals surface area contributed by atoms with E-state index in [9.17, 15) is 9.59 Å². The van der Waals surface area contributed by atoms with Crippen molar-refractivity contribution in [2.24, 2.45) is 5.92 Å². The molecule has 0 saturated heterocycles. The molecular weight excluding hydrogens is 1620 g/mol. The fourth-order valence-corrected chi connectivity index (χ4v) is 16.5. The van der Waals surface area contributed by atoms with Crippen LogP contribution >= 0.6 is 0 Å². The molecule has 14 heteroatoms. The molecule has 0 saturated carbocycles. The number of unbranched alkanes of at least 4 members (excludes halogenated alkanes) is 32. The molecule has 0 spiro atoms. The summed E-state index contributed by atoms with van der Waals surface area (Å²) in [7, 11) is 4.66. The van der Waals surface area contributed by atoms with E-state index in [0.717, 1.165) is 45.4 Å². The normalized spacial score (nSPS) is 11.9. The van der Waals surface area contributed by atoms with Gasteiger partial charge in [0.2, 0.25) is 11.8 Å². The minimum atomic E-state index is -1.42. The molecule has 0 bridgehead atoms. The minimum Gasteiger partial charge on any atom is -0.481 e. The van der Waals surface area contributed by atoms with E-state index in [1.54, 1.807) is 23.6 Å². The number of aliphatic carboxylic acids is 1. The maximum Gasteiger partial charge on any atom is 2.00 e. The third-order valence-corrected chi connectivity index (χ3v) is 23.8. The molecule has 2 amide bonds. The van der Waals surface area contributed by atoms with Crippen molar-refractivity contribution in [2.45, 2.75) is 503 Å². The zero-order valence-corrected chi connectivity index (χ0v) is 88.8. The van der Waals surface area contributed by atoms with Crippen LogP contribution in [0.4, 0.5) is 0 Å². The number of imidazole rings is 1. The first-order chi connectivity index (χ1) is 57.3. The van der Waals surface area contributed by atoms with Gasteiger partial charge in [0, 0.05) is 60.0 Å². The average Bonchev–Trinajstić information content (AvgIpc) is 1.66. The Balaban J connectivity index is -0.000000293. The van der Waals surface area contributed by atoms with Gasteiger partial charge >= 0.3 is 17.1 Å². The number of carbonyl (C=O) groups is 3. The van der Waals surface area contributed by atoms with Crippen molar-refractivity contribution in [2.75, 3.05) is 28.2 Å². The Labute approximate surface area is 791 Å². The minimum absolute atomic E-state index is 0. The molecule has 125 heavy (non-hydrogen) atoms. The van der Waals surface area contributed by atoms with E-state index >= 15 is 0 Å². The first-order valence-corrected chi connectivity index (χ1v) is 56.4. The van der Waals surface area contributed by atoms with E-state index in [1.807, 2.05) is 48.1 Å². The topological polar surface area (TPSA) is 125 Å². The number of aromatic nitrogens is 2. The monoisotopic (exact) mass is 1830 g/mol. The van der Waals surface area contributed by atoms with E-state index in [0.29, 0.717) is 35.5 Å². The predicted molar refractivity (Wildman–Crippen MR) is 557 cm³/mol. The van der Waals surface area contributed by atoms with Gasteiger partial charge in [-0.05, 0) is 221 Å².